The Labute approximate surface area is 149 Å². The number of benzene rings is 1. The standard InChI is InChI=1S/C20H25N3O2/c1-2-4-18(5-3-1)25-20-19(21-10-11-22-20)16-6-12-23(13-7-16)17-8-14-24-15-9-17/h1-5,10-11,16-17H,6-9,12-15H2. The average Bonchev–Trinajstić information content (AvgIpc) is 2.70. The van der Waals surface area contributed by atoms with Crippen molar-refractivity contribution in [1.82, 2.24) is 14.9 Å². The lowest BCUT2D eigenvalue weighted by molar-refractivity contribution is 0.0249. The van der Waals surface area contributed by atoms with E-state index in [0.29, 0.717) is 17.8 Å². The molecule has 3 heterocycles. The zero-order valence-corrected chi connectivity index (χ0v) is 14.5. The molecule has 0 amide bonds. The van der Waals surface area contributed by atoms with Crippen LogP contribution in [-0.4, -0.2) is 47.2 Å². The van der Waals surface area contributed by atoms with Gasteiger partial charge >= 0.3 is 0 Å². The van der Waals surface area contributed by atoms with Gasteiger partial charge in [0.05, 0.1) is 0 Å². The van der Waals surface area contributed by atoms with E-state index in [0.717, 1.165) is 63.4 Å². The predicted octanol–water partition coefficient (Wildman–Crippen LogP) is 3.63. The fourth-order valence-electron chi connectivity index (χ4n) is 3.88. The van der Waals surface area contributed by atoms with Gasteiger partial charge in [-0.3, -0.25) is 4.98 Å². The van der Waals surface area contributed by atoms with Gasteiger partial charge in [0, 0.05) is 37.6 Å². The van der Waals surface area contributed by atoms with Gasteiger partial charge in [-0.2, -0.15) is 0 Å². The highest BCUT2D eigenvalue weighted by Gasteiger charge is 2.29. The molecule has 2 aliphatic rings. The summed E-state index contributed by atoms with van der Waals surface area (Å²) in [6.45, 7) is 4.06. The number of rotatable bonds is 4. The second kappa shape index (κ2) is 7.93. The lowest BCUT2D eigenvalue weighted by Crippen LogP contribution is -2.43. The number of ether oxygens (including phenoxy) is 2. The summed E-state index contributed by atoms with van der Waals surface area (Å²) in [5.41, 5.74) is 0.998. The SMILES string of the molecule is c1ccc(Oc2nccnc2C2CCN(C3CCOCC3)CC2)cc1. The number of hydrogen-bond acceptors (Lipinski definition) is 5. The maximum atomic E-state index is 6.00. The number of likely N-dealkylation sites (tertiary alicyclic amines) is 1. The molecule has 2 aliphatic heterocycles. The molecule has 0 atom stereocenters. The first-order valence-electron chi connectivity index (χ1n) is 9.26. The topological polar surface area (TPSA) is 47.5 Å². The molecule has 0 aliphatic carbocycles. The third kappa shape index (κ3) is 3.99. The van der Waals surface area contributed by atoms with Gasteiger partial charge in [0.25, 0.3) is 0 Å². The smallest absolute Gasteiger partial charge is 0.241 e. The van der Waals surface area contributed by atoms with E-state index in [2.05, 4.69) is 14.9 Å². The van der Waals surface area contributed by atoms with Gasteiger partial charge in [-0.05, 0) is 50.9 Å². The van der Waals surface area contributed by atoms with E-state index in [9.17, 15) is 0 Å². The van der Waals surface area contributed by atoms with Crippen LogP contribution in [0.25, 0.3) is 0 Å². The molecular weight excluding hydrogens is 314 g/mol. The fourth-order valence-corrected chi connectivity index (χ4v) is 3.88. The summed E-state index contributed by atoms with van der Waals surface area (Å²) in [5, 5.41) is 0. The zero-order valence-electron chi connectivity index (χ0n) is 14.5. The number of para-hydroxylation sites is 1. The maximum absolute atomic E-state index is 6.00. The Morgan fingerprint density at radius 2 is 1.64 bits per heavy atom. The van der Waals surface area contributed by atoms with Crippen LogP contribution in [0, 0.1) is 0 Å². The van der Waals surface area contributed by atoms with Gasteiger partial charge in [0.15, 0.2) is 0 Å². The highest BCUT2D eigenvalue weighted by atomic mass is 16.5. The Morgan fingerprint density at radius 3 is 2.40 bits per heavy atom. The molecule has 2 aromatic rings. The summed E-state index contributed by atoms with van der Waals surface area (Å²) in [5.74, 6) is 1.88. The molecule has 0 spiro atoms. The Bertz CT molecular complexity index is 666. The number of aromatic nitrogens is 2. The van der Waals surface area contributed by atoms with Crippen molar-refractivity contribution in [3.8, 4) is 11.6 Å². The summed E-state index contributed by atoms with van der Waals surface area (Å²) in [6.07, 6.45) is 8.04. The maximum Gasteiger partial charge on any atom is 0.241 e. The molecule has 5 nitrogen and oxygen atoms in total. The number of piperidine rings is 1. The van der Waals surface area contributed by atoms with Crippen molar-refractivity contribution in [2.75, 3.05) is 26.3 Å². The second-order valence-corrected chi connectivity index (χ2v) is 6.82. The quantitative estimate of drug-likeness (QED) is 0.851. The summed E-state index contributed by atoms with van der Waals surface area (Å²) >= 11 is 0. The lowest BCUT2D eigenvalue weighted by atomic mass is 9.91. The molecule has 0 unspecified atom stereocenters. The van der Waals surface area contributed by atoms with E-state index in [1.54, 1.807) is 12.4 Å². The van der Waals surface area contributed by atoms with Crippen molar-refractivity contribution in [2.45, 2.75) is 37.6 Å². The summed E-state index contributed by atoms with van der Waals surface area (Å²) in [7, 11) is 0. The molecule has 25 heavy (non-hydrogen) atoms. The molecule has 4 rings (SSSR count). The van der Waals surface area contributed by atoms with Crippen molar-refractivity contribution in [1.29, 1.82) is 0 Å². The largest absolute Gasteiger partial charge is 0.437 e. The predicted molar refractivity (Wildman–Crippen MR) is 95.9 cm³/mol. The van der Waals surface area contributed by atoms with Crippen LogP contribution in [0.3, 0.4) is 0 Å². The molecular formula is C20H25N3O2. The Balaban J connectivity index is 1.42. The van der Waals surface area contributed by atoms with Gasteiger partial charge < -0.3 is 14.4 Å². The molecule has 0 saturated carbocycles. The lowest BCUT2D eigenvalue weighted by Gasteiger charge is -2.39. The number of hydrogen-bond donors (Lipinski definition) is 0. The van der Waals surface area contributed by atoms with E-state index < -0.39 is 0 Å². The van der Waals surface area contributed by atoms with E-state index in [4.69, 9.17) is 9.47 Å². The highest BCUT2D eigenvalue weighted by Crippen LogP contribution is 2.34. The van der Waals surface area contributed by atoms with Gasteiger partial charge in [-0.25, -0.2) is 4.98 Å². The van der Waals surface area contributed by atoms with Gasteiger partial charge in [-0.1, -0.05) is 18.2 Å². The minimum absolute atomic E-state index is 0.420. The molecule has 5 heteroatoms. The monoisotopic (exact) mass is 339 g/mol. The van der Waals surface area contributed by atoms with Crippen LogP contribution in [0.15, 0.2) is 42.7 Å². The molecule has 1 aromatic carbocycles. The number of nitrogens with zero attached hydrogens (tertiary/aromatic N) is 3. The Kier molecular flexibility index (Phi) is 5.23. The highest BCUT2D eigenvalue weighted by molar-refractivity contribution is 5.30. The van der Waals surface area contributed by atoms with Gasteiger partial charge in [0.1, 0.15) is 11.4 Å². The normalized spacial score (nSPS) is 20.5. The minimum Gasteiger partial charge on any atom is -0.437 e. The fraction of sp³-hybridized carbons (Fsp3) is 0.500. The van der Waals surface area contributed by atoms with E-state index >= 15 is 0 Å². The van der Waals surface area contributed by atoms with Crippen LogP contribution in [0.2, 0.25) is 0 Å². The Hall–Kier alpha value is -1.98. The van der Waals surface area contributed by atoms with Crippen molar-refractivity contribution in [3.63, 3.8) is 0 Å². The molecule has 0 radical (unpaired) electrons. The summed E-state index contributed by atoms with van der Waals surface area (Å²) in [6, 6.07) is 10.5. The molecule has 2 fully saturated rings. The van der Waals surface area contributed by atoms with E-state index in [1.165, 1.54) is 0 Å². The minimum atomic E-state index is 0.420. The first-order chi connectivity index (χ1) is 12.4. The average molecular weight is 339 g/mol. The van der Waals surface area contributed by atoms with Crippen LogP contribution in [-0.2, 0) is 4.74 Å². The van der Waals surface area contributed by atoms with Crippen LogP contribution in [0.4, 0.5) is 0 Å². The van der Waals surface area contributed by atoms with Crippen molar-refractivity contribution >= 4 is 0 Å². The zero-order chi connectivity index (χ0) is 16.9. The molecule has 132 valence electrons. The van der Waals surface area contributed by atoms with Crippen LogP contribution < -0.4 is 4.74 Å². The van der Waals surface area contributed by atoms with E-state index in [1.807, 2.05) is 30.3 Å². The van der Waals surface area contributed by atoms with Crippen molar-refractivity contribution in [2.24, 2.45) is 0 Å². The van der Waals surface area contributed by atoms with Crippen molar-refractivity contribution < 1.29 is 9.47 Å². The van der Waals surface area contributed by atoms with E-state index in [-0.39, 0.29) is 0 Å². The summed E-state index contributed by atoms with van der Waals surface area (Å²) in [4.78, 5) is 11.7. The Morgan fingerprint density at radius 1 is 0.920 bits per heavy atom. The molecule has 0 N–H and O–H groups in total. The molecule has 2 saturated heterocycles. The summed E-state index contributed by atoms with van der Waals surface area (Å²) < 4.78 is 11.5. The van der Waals surface area contributed by atoms with Crippen LogP contribution >= 0.6 is 0 Å². The van der Waals surface area contributed by atoms with Crippen LogP contribution in [0.1, 0.15) is 37.3 Å². The second-order valence-electron chi connectivity index (χ2n) is 6.82. The van der Waals surface area contributed by atoms with Crippen LogP contribution in [0.5, 0.6) is 11.6 Å². The molecule has 1 aromatic heterocycles. The van der Waals surface area contributed by atoms with Gasteiger partial charge in [0.2, 0.25) is 5.88 Å². The first-order valence-corrected chi connectivity index (χ1v) is 9.26. The third-order valence-electron chi connectivity index (χ3n) is 5.27. The first kappa shape index (κ1) is 16.5. The third-order valence-corrected chi connectivity index (χ3v) is 5.27. The van der Waals surface area contributed by atoms with Crippen molar-refractivity contribution in [3.05, 3.63) is 48.4 Å². The van der Waals surface area contributed by atoms with Gasteiger partial charge in [-0.15, -0.1) is 0 Å². The molecule has 0 bridgehead atoms.